The number of thiazole rings is 1. The molecule has 1 aromatic heterocycles. The second kappa shape index (κ2) is 6.65. The lowest BCUT2D eigenvalue weighted by molar-refractivity contribution is -0.142. The van der Waals surface area contributed by atoms with E-state index in [9.17, 15) is 9.90 Å². The topological polar surface area (TPSA) is 53.4 Å². The molecular weight excluding hydrogens is 320 g/mol. The fourth-order valence-electron chi connectivity index (χ4n) is 4.30. The molecule has 2 aliphatic rings. The molecule has 4 rings (SSSR count). The predicted octanol–water partition coefficient (Wildman–Crippen LogP) is 4.03. The number of fused-ring (bicyclic) bond motifs is 1. The van der Waals surface area contributed by atoms with Crippen molar-refractivity contribution in [2.24, 2.45) is 5.92 Å². The molecule has 126 valence electrons. The molecule has 1 saturated heterocycles. The Kier molecular flexibility index (Phi) is 4.37. The van der Waals surface area contributed by atoms with Crippen LogP contribution in [0, 0.1) is 5.92 Å². The second-order valence-electron chi connectivity index (χ2n) is 6.87. The first-order valence-electron chi connectivity index (χ1n) is 8.71. The van der Waals surface area contributed by atoms with Gasteiger partial charge in [0.05, 0.1) is 0 Å². The first kappa shape index (κ1) is 15.8. The predicted molar refractivity (Wildman–Crippen MR) is 94.9 cm³/mol. The van der Waals surface area contributed by atoms with Gasteiger partial charge >= 0.3 is 5.97 Å². The molecule has 0 spiro atoms. The molecule has 2 aromatic rings. The summed E-state index contributed by atoms with van der Waals surface area (Å²) < 4.78 is 0. The van der Waals surface area contributed by atoms with Crippen LogP contribution in [0.3, 0.4) is 0 Å². The van der Waals surface area contributed by atoms with E-state index in [0.29, 0.717) is 18.5 Å². The Bertz CT molecular complexity index is 715. The summed E-state index contributed by atoms with van der Waals surface area (Å²) in [7, 11) is 0. The van der Waals surface area contributed by atoms with Crippen LogP contribution in [0.1, 0.15) is 37.0 Å². The first-order valence-corrected chi connectivity index (χ1v) is 9.52. The molecule has 1 N–H and O–H groups in total. The lowest BCUT2D eigenvalue weighted by Gasteiger charge is -2.32. The van der Waals surface area contributed by atoms with Crippen molar-refractivity contribution in [3.05, 3.63) is 41.4 Å². The number of hydrogen-bond donors (Lipinski definition) is 1. The van der Waals surface area contributed by atoms with Gasteiger partial charge in [0.1, 0.15) is 11.0 Å². The Balaban J connectivity index is 1.55. The number of aromatic nitrogens is 1. The van der Waals surface area contributed by atoms with Crippen molar-refractivity contribution < 1.29 is 9.90 Å². The molecule has 0 radical (unpaired) electrons. The van der Waals surface area contributed by atoms with E-state index in [4.69, 9.17) is 0 Å². The van der Waals surface area contributed by atoms with E-state index < -0.39 is 5.97 Å². The smallest absolute Gasteiger partial charge is 0.320 e. The van der Waals surface area contributed by atoms with E-state index in [2.05, 4.69) is 22.0 Å². The number of carbonyl (C=O) groups is 1. The minimum absolute atomic E-state index is 0.333. The number of carboxylic acids is 1. The number of hydrogen-bond acceptors (Lipinski definition) is 4. The fraction of sp³-hybridized carbons (Fsp3) is 0.474. The first-order chi connectivity index (χ1) is 11.7. The standard InChI is InChI=1S/C19H22N2O2S/c22-19(23)17-10-14-8-4-5-9-16(14)21(17)12-15-11-20-18(24-15)13-6-2-1-3-7-13/h1-3,6-7,11,14,16-17H,4-5,8-10,12H2,(H,22,23). The SMILES string of the molecule is O=C(O)C1CC2CCCCC2N1Cc1cnc(-c2ccccc2)s1. The highest BCUT2D eigenvalue weighted by Crippen LogP contribution is 2.41. The fourth-order valence-corrected chi connectivity index (χ4v) is 5.22. The molecule has 24 heavy (non-hydrogen) atoms. The molecule has 4 nitrogen and oxygen atoms in total. The summed E-state index contributed by atoms with van der Waals surface area (Å²) in [5.74, 6) is -0.112. The summed E-state index contributed by atoms with van der Waals surface area (Å²) in [5, 5.41) is 10.6. The lowest BCUT2D eigenvalue weighted by Crippen LogP contribution is -2.41. The molecule has 1 aliphatic heterocycles. The largest absolute Gasteiger partial charge is 0.480 e. The van der Waals surface area contributed by atoms with E-state index >= 15 is 0 Å². The minimum atomic E-state index is -0.669. The maximum Gasteiger partial charge on any atom is 0.320 e. The summed E-state index contributed by atoms with van der Waals surface area (Å²) in [5.41, 5.74) is 1.13. The van der Waals surface area contributed by atoms with Gasteiger partial charge in [-0.15, -0.1) is 11.3 Å². The van der Waals surface area contributed by atoms with Crippen LogP contribution in [0.5, 0.6) is 0 Å². The average Bonchev–Trinajstić information content (AvgIpc) is 3.21. The van der Waals surface area contributed by atoms with Crippen LogP contribution in [-0.4, -0.2) is 33.0 Å². The number of nitrogens with zero attached hydrogens (tertiary/aromatic N) is 2. The third-order valence-corrected chi connectivity index (χ3v) is 6.45. The number of rotatable bonds is 4. The number of carboxylic acid groups (broad SMARTS) is 1. The third-order valence-electron chi connectivity index (χ3n) is 5.42. The molecule has 2 heterocycles. The maximum atomic E-state index is 11.7. The van der Waals surface area contributed by atoms with Crippen molar-refractivity contribution in [2.45, 2.75) is 50.7 Å². The highest BCUT2D eigenvalue weighted by Gasteiger charge is 2.45. The summed E-state index contributed by atoms with van der Waals surface area (Å²) in [4.78, 5) is 19.7. The van der Waals surface area contributed by atoms with E-state index in [1.54, 1.807) is 11.3 Å². The number of benzene rings is 1. The maximum absolute atomic E-state index is 11.7. The molecular formula is C19H22N2O2S. The minimum Gasteiger partial charge on any atom is -0.480 e. The van der Waals surface area contributed by atoms with Crippen LogP contribution in [-0.2, 0) is 11.3 Å². The van der Waals surface area contributed by atoms with E-state index in [1.165, 1.54) is 19.3 Å². The Labute approximate surface area is 146 Å². The zero-order valence-corrected chi connectivity index (χ0v) is 14.4. The second-order valence-corrected chi connectivity index (χ2v) is 7.99. The quantitative estimate of drug-likeness (QED) is 0.911. The van der Waals surface area contributed by atoms with Gasteiger partial charge in [0, 0.05) is 29.2 Å². The normalized spacial score (nSPS) is 27.1. The van der Waals surface area contributed by atoms with Crippen LogP contribution in [0.2, 0.25) is 0 Å². The summed E-state index contributed by atoms with van der Waals surface area (Å²) in [6, 6.07) is 10.3. The molecule has 5 heteroatoms. The molecule has 1 aliphatic carbocycles. The zero-order valence-electron chi connectivity index (χ0n) is 13.6. The molecule has 0 amide bonds. The highest BCUT2D eigenvalue weighted by molar-refractivity contribution is 7.15. The third kappa shape index (κ3) is 2.98. The van der Waals surface area contributed by atoms with Gasteiger partial charge in [0.15, 0.2) is 0 Å². The van der Waals surface area contributed by atoms with Crippen LogP contribution in [0.15, 0.2) is 36.5 Å². The van der Waals surface area contributed by atoms with Gasteiger partial charge in [0.2, 0.25) is 0 Å². The number of likely N-dealkylation sites (tertiary alicyclic amines) is 1. The van der Waals surface area contributed by atoms with Gasteiger partial charge in [-0.25, -0.2) is 4.98 Å². The van der Waals surface area contributed by atoms with Gasteiger partial charge < -0.3 is 5.11 Å². The van der Waals surface area contributed by atoms with Crippen molar-refractivity contribution >= 4 is 17.3 Å². The monoisotopic (exact) mass is 342 g/mol. The van der Waals surface area contributed by atoms with Crippen LogP contribution in [0.25, 0.3) is 10.6 Å². The zero-order chi connectivity index (χ0) is 16.5. The molecule has 1 aromatic carbocycles. The Morgan fingerprint density at radius 1 is 1.25 bits per heavy atom. The molecule has 3 atom stereocenters. The molecule has 1 saturated carbocycles. The summed E-state index contributed by atoms with van der Waals surface area (Å²) in [6.45, 7) is 0.711. The van der Waals surface area contributed by atoms with Crippen LogP contribution < -0.4 is 0 Å². The van der Waals surface area contributed by atoms with Gasteiger partial charge in [-0.05, 0) is 25.2 Å². The Hall–Kier alpha value is -1.72. The van der Waals surface area contributed by atoms with Gasteiger partial charge in [-0.2, -0.15) is 0 Å². The van der Waals surface area contributed by atoms with Crippen molar-refractivity contribution in [2.75, 3.05) is 0 Å². The Morgan fingerprint density at radius 3 is 2.83 bits per heavy atom. The average molecular weight is 342 g/mol. The Morgan fingerprint density at radius 2 is 2.04 bits per heavy atom. The van der Waals surface area contributed by atoms with Crippen molar-refractivity contribution in [3.63, 3.8) is 0 Å². The summed E-state index contributed by atoms with van der Waals surface area (Å²) in [6.07, 6.45) is 7.52. The van der Waals surface area contributed by atoms with E-state index in [0.717, 1.165) is 28.3 Å². The van der Waals surface area contributed by atoms with Crippen molar-refractivity contribution in [3.8, 4) is 10.6 Å². The molecule has 3 unspecified atom stereocenters. The number of aliphatic carboxylic acids is 1. The van der Waals surface area contributed by atoms with Crippen LogP contribution >= 0.6 is 11.3 Å². The van der Waals surface area contributed by atoms with E-state index in [1.807, 2.05) is 24.4 Å². The highest BCUT2D eigenvalue weighted by atomic mass is 32.1. The van der Waals surface area contributed by atoms with Gasteiger partial charge in [-0.1, -0.05) is 43.2 Å². The summed E-state index contributed by atoms with van der Waals surface area (Å²) >= 11 is 1.68. The molecule has 0 bridgehead atoms. The van der Waals surface area contributed by atoms with Gasteiger partial charge in [-0.3, -0.25) is 9.69 Å². The van der Waals surface area contributed by atoms with Crippen molar-refractivity contribution in [1.29, 1.82) is 0 Å². The van der Waals surface area contributed by atoms with E-state index in [-0.39, 0.29) is 6.04 Å². The van der Waals surface area contributed by atoms with Gasteiger partial charge in [0.25, 0.3) is 0 Å². The lowest BCUT2D eigenvalue weighted by atomic mass is 9.85. The molecule has 2 fully saturated rings. The van der Waals surface area contributed by atoms with Crippen LogP contribution in [0.4, 0.5) is 0 Å². The van der Waals surface area contributed by atoms with Crippen molar-refractivity contribution in [1.82, 2.24) is 9.88 Å².